The summed E-state index contributed by atoms with van der Waals surface area (Å²) in [6, 6.07) is 3.98. The van der Waals surface area contributed by atoms with Crippen LogP contribution < -0.4 is 5.32 Å². The van der Waals surface area contributed by atoms with Gasteiger partial charge in [-0.3, -0.25) is 4.79 Å². The summed E-state index contributed by atoms with van der Waals surface area (Å²) in [4.78, 5) is 26.1. The van der Waals surface area contributed by atoms with Crippen molar-refractivity contribution in [2.24, 2.45) is 5.92 Å². The number of urea groups is 1. The molecule has 0 aliphatic carbocycles. The number of nitrogens with zero attached hydrogens (tertiary/aromatic N) is 1. The first kappa shape index (κ1) is 15.8. The van der Waals surface area contributed by atoms with Gasteiger partial charge in [0.1, 0.15) is 0 Å². The van der Waals surface area contributed by atoms with Crippen molar-refractivity contribution in [1.29, 1.82) is 0 Å². The number of carboxylic acid groups (broad SMARTS) is 1. The SMILES string of the molecule is CCC(NC(=O)N1CCCC(CC(=O)O)C1)c1cccs1. The summed E-state index contributed by atoms with van der Waals surface area (Å²) in [5.41, 5.74) is 0. The van der Waals surface area contributed by atoms with E-state index in [0.29, 0.717) is 13.1 Å². The number of rotatable bonds is 5. The number of nitrogens with one attached hydrogen (secondary N) is 1. The molecule has 1 saturated heterocycles. The number of carbonyl (C=O) groups excluding carboxylic acids is 1. The van der Waals surface area contributed by atoms with Crippen LogP contribution in [0.5, 0.6) is 0 Å². The molecule has 0 radical (unpaired) electrons. The molecule has 0 aromatic carbocycles. The molecule has 2 N–H and O–H groups in total. The summed E-state index contributed by atoms with van der Waals surface area (Å²) >= 11 is 1.64. The molecule has 2 unspecified atom stereocenters. The average molecular weight is 310 g/mol. The van der Waals surface area contributed by atoms with E-state index in [0.717, 1.165) is 24.1 Å². The zero-order valence-corrected chi connectivity index (χ0v) is 13.1. The Labute approximate surface area is 129 Å². The second kappa shape index (κ2) is 7.45. The molecule has 116 valence electrons. The van der Waals surface area contributed by atoms with Gasteiger partial charge in [-0.05, 0) is 36.6 Å². The van der Waals surface area contributed by atoms with E-state index in [1.54, 1.807) is 16.2 Å². The highest BCUT2D eigenvalue weighted by Gasteiger charge is 2.26. The Balaban J connectivity index is 1.91. The van der Waals surface area contributed by atoms with Crippen molar-refractivity contribution >= 4 is 23.3 Å². The average Bonchev–Trinajstić information content (AvgIpc) is 2.98. The molecule has 2 heterocycles. The second-order valence-electron chi connectivity index (χ2n) is 5.48. The van der Waals surface area contributed by atoms with Crippen molar-refractivity contribution in [3.8, 4) is 0 Å². The van der Waals surface area contributed by atoms with E-state index < -0.39 is 5.97 Å². The maximum absolute atomic E-state index is 12.4. The van der Waals surface area contributed by atoms with Crippen LogP contribution in [0.3, 0.4) is 0 Å². The summed E-state index contributed by atoms with van der Waals surface area (Å²) < 4.78 is 0. The first-order valence-electron chi connectivity index (χ1n) is 7.40. The number of aliphatic carboxylic acids is 1. The Hall–Kier alpha value is -1.56. The Morgan fingerprint density at radius 2 is 2.38 bits per heavy atom. The van der Waals surface area contributed by atoms with Gasteiger partial charge in [-0.2, -0.15) is 0 Å². The summed E-state index contributed by atoms with van der Waals surface area (Å²) in [6.07, 6.45) is 2.75. The van der Waals surface area contributed by atoms with E-state index >= 15 is 0 Å². The van der Waals surface area contributed by atoms with E-state index in [2.05, 4.69) is 5.32 Å². The summed E-state index contributed by atoms with van der Waals surface area (Å²) in [6.45, 7) is 3.30. The molecule has 1 aromatic heterocycles. The number of hydrogen-bond acceptors (Lipinski definition) is 3. The van der Waals surface area contributed by atoms with Gasteiger partial charge < -0.3 is 15.3 Å². The zero-order valence-electron chi connectivity index (χ0n) is 12.2. The van der Waals surface area contributed by atoms with Crippen LogP contribution in [0.25, 0.3) is 0 Å². The van der Waals surface area contributed by atoms with Gasteiger partial charge in [-0.15, -0.1) is 11.3 Å². The highest BCUT2D eigenvalue weighted by molar-refractivity contribution is 7.10. The van der Waals surface area contributed by atoms with E-state index in [1.165, 1.54) is 0 Å². The quantitative estimate of drug-likeness (QED) is 0.878. The molecule has 2 rings (SSSR count). The third kappa shape index (κ3) is 4.46. The molecule has 21 heavy (non-hydrogen) atoms. The molecule has 1 aromatic rings. The normalized spacial score (nSPS) is 20.0. The van der Waals surface area contributed by atoms with Gasteiger partial charge in [0, 0.05) is 24.4 Å². The standard InChI is InChI=1S/C15H22N2O3S/c1-2-12(13-6-4-8-21-13)16-15(20)17-7-3-5-11(10-17)9-14(18)19/h4,6,8,11-12H,2-3,5,7,9-10H2,1H3,(H,16,20)(H,18,19). The van der Waals surface area contributed by atoms with Crippen LogP contribution in [0.4, 0.5) is 4.79 Å². The number of likely N-dealkylation sites (tertiary alicyclic amines) is 1. The van der Waals surface area contributed by atoms with Crippen molar-refractivity contribution in [3.63, 3.8) is 0 Å². The highest BCUT2D eigenvalue weighted by Crippen LogP contribution is 2.23. The van der Waals surface area contributed by atoms with Crippen LogP contribution >= 0.6 is 11.3 Å². The van der Waals surface area contributed by atoms with Crippen molar-refractivity contribution in [3.05, 3.63) is 22.4 Å². The summed E-state index contributed by atoms with van der Waals surface area (Å²) in [5, 5.41) is 14.0. The van der Waals surface area contributed by atoms with E-state index in [4.69, 9.17) is 5.11 Å². The third-order valence-electron chi connectivity index (χ3n) is 3.86. The molecule has 1 aliphatic heterocycles. The predicted molar refractivity (Wildman–Crippen MR) is 82.4 cm³/mol. The summed E-state index contributed by atoms with van der Waals surface area (Å²) in [7, 11) is 0. The van der Waals surface area contributed by atoms with Gasteiger partial charge in [0.05, 0.1) is 6.04 Å². The van der Waals surface area contributed by atoms with Crippen LogP contribution in [0.1, 0.15) is 43.5 Å². The van der Waals surface area contributed by atoms with Gasteiger partial charge in [-0.25, -0.2) is 4.79 Å². The minimum absolute atomic E-state index is 0.0392. The monoisotopic (exact) mass is 310 g/mol. The van der Waals surface area contributed by atoms with E-state index in [-0.39, 0.29) is 24.4 Å². The largest absolute Gasteiger partial charge is 0.481 e. The predicted octanol–water partition coefficient (Wildman–Crippen LogP) is 3.10. The van der Waals surface area contributed by atoms with Crippen LogP contribution in [-0.4, -0.2) is 35.1 Å². The maximum Gasteiger partial charge on any atom is 0.317 e. The lowest BCUT2D eigenvalue weighted by Gasteiger charge is -2.33. The molecule has 2 amide bonds. The van der Waals surface area contributed by atoms with Gasteiger partial charge in [-0.1, -0.05) is 13.0 Å². The zero-order chi connectivity index (χ0) is 15.2. The number of thiophene rings is 1. The van der Waals surface area contributed by atoms with Gasteiger partial charge in [0.25, 0.3) is 0 Å². The van der Waals surface area contributed by atoms with Crippen molar-refractivity contribution in [2.75, 3.05) is 13.1 Å². The maximum atomic E-state index is 12.4. The number of hydrogen-bond donors (Lipinski definition) is 2. The lowest BCUT2D eigenvalue weighted by atomic mass is 9.95. The molecule has 6 heteroatoms. The first-order valence-corrected chi connectivity index (χ1v) is 8.28. The topological polar surface area (TPSA) is 69.6 Å². The Morgan fingerprint density at radius 3 is 3.00 bits per heavy atom. The smallest absolute Gasteiger partial charge is 0.317 e. The first-order chi connectivity index (χ1) is 10.1. The van der Waals surface area contributed by atoms with Crippen molar-refractivity contribution in [1.82, 2.24) is 10.2 Å². The number of carbonyl (C=O) groups is 2. The van der Waals surface area contributed by atoms with Gasteiger partial charge in [0.15, 0.2) is 0 Å². The molecule has 1 fully saturated rings. The molecule has 0 saturated carbocycles. The fourth-order valence-electron chi connectivity index (χ4n) is 2.77. The second-order valence-corrected chi connectivity index (χ2v) is 6.46. The summed E-state index contributed by atoms with van der Waals surface area (Å²) in [5.74, 6) is -0.712. The molecular weight excluding hydrogens is 288 g/mol. The lowest BCUT2D eigenvalue weighted by molar-refractivity contribution is -0.138. The van der Waals surface area contributed by atoms with Gasteiger partial charge in [0.2, 0.25) is 0 Å². The Bertz CT molecular complexity index is 475. The third-order valence-corrected chi connectivity index (χ3v) is 4.85. The molecule has 0 spiro atoms. The van der Waals surface area contributed by atoms with Crippen molar-refractivity contribution < 1.29 is 14.7 Å². The molecule has 2 atom stereocenters. The van der Waals surface area contributed by atoms with E-state index in [9.17, 15) is 9.59 Å². The number of carboxylic acids is 1. The van der Waals surface area contributed by atoms with Crippen LogP contribution in [-0.2, 0) is 4.79 Å². The highest BCUT2D eigenvalue weighted by atomic mass is 32.1. The van der Waals surface area contributed by atoms with Crippen LogP contribution in [0.15, 0.2) is 17.5 Å². The van der Waals surface area contributed by atoms with Gasteiger partial charge >= 0.3 is 12.0 Å². The molecule has 5 nitrogen and oxygen atoms in total. The fourth-order valence-corrected chi connectivity index (χ4v) is 3.63. The fraction of sp³-hybridized carbons (Fsp3) is 0.600. The van der Waals surface area contributed by atoms with E-state index in [1.807, 2.05) is 24.4 Å². The van der Waals surface area contributed by atoms with Crippen LogP contribution in [0, 0.1) is 5.92 Å². The van der Waals surface area contributed by atoms with Crippen molar-refractivity contribution in [2.45, 2.75) is 38.6 Å². The Kier molecular flexibility index (Phi) is 5.61. The number of piperidine rings is 1. The molecule has 0 bridgehead atoms. The molecule has 1 aliphatic rings. The Morgan fingerprint density at radius 1 is 1.57 bits per heavy atom. The minimum atomic E-state index is -0.785. The van der Waals surface area contributed by atoms with Crippen LogP contribution in [0.2, 0.25) is 0 Å². The molecular formula is C15H22N2O3S. The minimum Gasteiger partial charge on any atom is -0.481 e. The lowest BCUT2D eigenvalue weighted by Crippen LogP contribution is -2.46. The number of amides is 2.